The van der Waals surface area contributed by atoms with E-state index in [2.05, 4.69) is 9.97 Å². The second kappa shape index (κ2) is 5.01. The number of nitrogen functional groups attached to an aromatic ring is 1. The van der Waals surface area contributed by atoms with Gasteiger partial charge in [0, 0.05) is 34.6 Å². The monoisotopic (exact) mass is 262 g/mol. The van der Waals surface area contributed by atoms with Crippen LogP contribution in [0.2, 0.25) is 0 Å². The van der Waals surface area contributed by atoms with Crippen molar-refractivity contribution in [3.63, 3.8) is 0 Å². The van der Waals surface area contributed by atoms with E-state index in [9.17, 15) is 10.1 Å². The highest BCUT2D eigenvalue weighted by Crippen LogP contribution is 2.30. The van der Waals surface area contributed by atoms with Crippen LogP contribution in [0.5, 0.6) is 0 Å². The molecule has 2 N–H and O–H groups in total. The van der Waals surface area contributed by atoms with Gasteiger partial charge in [0.15, 0.2) is 5.16 Å². The molecule has 0 aliphatic carbocycles. The SMILES string of the molecule is Cc1ccnc(Sc2cc(N)cc([N+](=O)[O-])c2)n1. The zero-order chi connectivity index (χ0) is 13.1. The number of non-ortho nitro benzene ring substituents is 1. The molecule has 0 unspecified atom stereocenters. The Bertz CT molecular complexity index is 603. The Morgan fingerprint density at radius 3 is 2.83 bits per heavy atom. The quantitative estimate of drug-likeness (QED) is 0.395. The summed E-state index contributed by atoms with van der Waals surface area (Å²) in [5, 5.41) is 11.3. The summed E-state index contributed by atoms with van der Waals surface area (Å²) < 4.78 is 0. The third kappa shape index (κ3) is 2.95. The minimum atomic E-state index is -0.475. The summed E-state index contributed by atoms with van der Waals surface area (Å²) in [6, 6.07) is 6.21. The lowest BCUT2D eigenvalue weighted by atomic mass is 10.3. The third-order valence-corrected chi connectivity index (χ3v) is 2.96. The molecule has 92 valence electrons. The first kappa shape index (κ1) is 12.3. The summed E-state index contributed by atoms with van der Waals surface area (Å²) in [5.41, 5.74) is 6.77. The van der Waals surface area contributed by atoms with Gasteiger partial charge < -0.3 is 5.73 Å². The molecule has 0 bridgehead atoms. The first-order valence-electron chi connectivity index (χ1n) is 5.07. The highest BCUT2D eigenvalue weighted by molar-refractivity contribution is 7.99. The summed E-state index contributed by atoms with van der Waals surface area (Å²) in [6.45, 7) is 1.85. The topological polar surface area (TPSA) is 94.9 Å². The van der Waals surface area contributed by atoms with Crippen LogP contribution < -0.4 is 5.73 Å². The van der Waals surface area contributed by atoms with Gasteiger partial charge in [0.25, 0.3) is 5.69 Å². The molecule has 18 heavy (non-hydrogen) atoms. The van der Waals surface area contributed by atoms with Crippen LogP contribution in [0.15, 0.2) is 40.5 Å². The zero-order valence-corrected chi connectivity index (χ0v) is 10.3. The maximum absolute atomic E-state index is 10.7. The van der Waals surface area contributed by atoms with Crippen molar-refractivity contribution in [2.45, 2.75) is 17.0 Å². The summed E-state index contributed by atoms with van der Waals surface area (Å²) >= 11 is 1.24. The lowest BCUT2D eigenvalue weighted by Crippen LogP contribution is -1.93. The lowest BCUT2D eigenvalue weighted by Gasteiger charge is -2.02. The molecular weight excluding hydrogens is 252 g/mol. The Morgan fingerprint density at radius 1 is 1.39 bits per heavy atom. The van der Waals surface area contributed by atoms with Gasteiger partial charge in [-0.3, -0.25) is 10.1 Å². The second-order valence-corrected chi connectivity index (χ2v) is 4.64. The van der Waals surface area contributed by atoms with Crippen molar-refractivity contribution in [1.82, 2.24) is 9.97 Å². The van der Waals surface area contributed by atoms with Gasteiger partial charge in [-0.15, -0.1) is 0 Å². The summed E-state index contributed by atoms with van der Waals surface area (Å²) in [5.74, 6) is 0. The second-order valence-electron chi connectivity index (χ2n) is 3.60. The number of aryl methyl sites for hydroxylation is 1. The van der Waals surface area contributed by atoms with Crippen LogP contribution in [0.1, 0.15) is 5.69 Å². The normalized spacial score (nSPS) is 10.3. The van der Waals surface area contributed by atoms with Crippen molar-refractivity contribution in [3.05, 3.63) is 46.3 Å². The molecule has 2 aromatic rings. The van der Waals surface area contributed by atoms with E-state index >= 15 is 0 Å². The first-order valence-corrected chi connectivity index (χ1v) is 5.89. The van der Waals surface area contributed by atoms with E-state index in [0.717, 1.165) is 5.69 Å². The summed E-state index contributed by atoms with van der Waals surface area (Å²) in [4.78, 5) is 19.2. The number of nitro benzene ring substituents is 1. The number of benzene rings is 1. The van der Waals surface area contributed by atoms with Crippen molar-refractivity contribution >= 4 is 23.1 Å². The maximum atomic E-state index is 10.7. The standard InChI is InChI=1S/C11H10N4O2S/c1-7-2-3-13-11(14-7)18-10-5-8(12)4-9(6-10)15(16)17/h2-6H,12H2,1H3. The number of nitrogens with two attached hydrogens (primary N) is 1. The fourth-order valence-corrected chi connectivity index (χ4v) is 2.24. The molecule has 6 nitrogen and oxygen atoms in total. The molecule has 1 heterocycles. The molecule has 0 amide bonds. The molecule has 1 aromatic heterocycles. The van der Waals surface area contributed by atoms with Gasteiger partial charge in [-0.25, -0.2) is 9.97 Å². The van der Waals surface area contributed by atoms with E-state index in [4.69, 9.17) is 5.73 Å². The largest absolute Gasteiger partial charge is 0.398 e. The molecule has 0 aliphatic rings. The summed E-state index contributed by atoms with van der Waals surface area (Å²) in [7, 11) is 0. The maximum Gasteiger partial charge on any atom is 0.272 e. The lowest BCUT2D eigenvalue weighted by molar-refractivity contribution is -0.385. The molecule has 0 radical (unpaired) electrons. The molecule has 0 saturated carbocycles. The van der Waals surface area contributed by atoms with Gasteiger partial charge in [-0.1, -0.05) is 0 Å². The molecule has 0 atom stereocenters. The van der Waals surface area contributed by atoms with Crippen LogP contribution in [-0.4, -0.2) is 14.9 Å². The van der Waals surface area contributed by atoms with E-state index in [1.807, 2.05) is 6.92 Å². The number of nitrogens with zero attached hydrogens (tertiary/aromatic N) is 3. The van der Waals surface area contributed by atoms with Crippen LogP contribution in [0.3, 0.4) is 0 Å². The molecule has 0 aliphatic heterocycles. The smallest absolute Gasteiger partial charge is 0.272 e. The number of hydrogen-bond donors (Lipinski definition) is 1. The molecule has 0 saturated heterocycles. The van der Waals surface area contributed by atoms with E-state index in [1.54, 1.807) is 18.3 Å². The minimum Gasteiger partial charge on any atom is -0.398 e. The van der Waals surface area contributed by atoms with Gasteiger partial charge in [0.1, 0.15) is 0 Å². The van der Waals surface area contributed by atoms with Crippen LogP contribution >= 0.6 is 11.8 Å². The number of aromatic nitrogens is 2. The molecule has 1 aromatic carbocycles. The fraction of sp³-hybridized carbons (Fsp3) is 0.0909. The number of anilines is 1. The van der Waals surface area contributed by atoms with E-state index in [-0.39, 0.29) is 5.69 Å². The first-order chi connectivity index (χ1) is 8.54. The average molecular weight is 262 g/mol. The number of rotatable bonds is 3. The number of nitro groups is 1. The Hall–Kier alpha value is -2.15. The zero-order valence-electron chi connectivity index (χ0n) is 9.53. The van der Waals surface area contributed by atoms with Gasteiger partial charge in [-0.05, 0) is 30.8 Å². The predicted octanol–water partition coefficient (Wildman–Crippen LogP) is 2.43. The molecule has 0 spiro atoms. The Balaban J connectivity index is 2.31. The Kier molecular flexibility index (Phi) is 3.42. The van der Waals surface area contributed by atoms with Crippen molar-refractivity contribution in [1.29, 1.82) is 0 Å². The van der Waals surface area contributed by atoms with Crippen molar-refractivity contribution < 1.29 is 4.92 Å². The van der Waals surface area contributed by atoms with Gasteiger partial charge in [0.05, 0.1) is 4.92 Å². The average Bonchev–Trinajstić information content (AvgIpc) is 2.28. The molecule has 2 rings (SSSR count). The van der Waals surface area contributed by atoms with Crippen LogP contribution in [0.25, 0.3) is 0 Å². The van der Waals surface area contributed by atoms with Crippen LogP contribution in [-0.2, 0) is 0 Å². The van der Waals surface area contributed by atoms with Crippen LogP contribution in [0, 0.1) is 17.0 Å². The molecule has 0 fully saturated rings. The van der Waals surface area contributed by atoms with Gasteiger partial charge >= 0.3 is 0 Å². The van der Waals surface area contributed by atoms with E-state index in [1.165, 1.54) is 23.9 Å². The fourth-order valence-electron chi connectivity index (χ4n) is 1.35. The molecule has 7 heteroatoms. The Labute approximate surface area is 107 Å². The van der Waals surface area contributed by atoms with Crippen molar-refractivity contribution in [3.8, 4) is 0 Å². The minimum absolute atomic E-state index is 0.0369. The van der Waals surface area contributed by atoms with Crippen LogP contribution in [0.4, 0.5) is 11.4 Å². The van der Waals surface area contributed by atoms with Crippen molar-refractivity contribution in [2.24, 2.45) is 0 Å². The molecular formula is C11H10N4O2S. The third-order valence-electron chi connectivity index (χ3n) is 2.11. The highest BCUT2D eigenvalue weighted by atomic mass is 32.2. The summed E-state index contributed by atoms with van der Waals surface area (Å²) in [6.07, 6.45) is 1.64. The van der Waals surface area contributed by atoms with E-state index < -0.39 is 4.92 Å². The highest BCUT2D eigenvalue weighted by Gasteiger charge is 2.10. The Morgan fingerprint density at radius 2 is 2.17 bits per heavy atom. The van der Waals surface area contributed by atoms with Crippen molar-refractivity contribution in [2.75, 3.05) is 5.73 Å². The predicted molar refractivity (Wildman–Crippen MR) is 68.4 cm³/mol. The number of hydrogen-bond acceptors (Lipinski definition) is 6. The van der Waals surface area contributed by atoms with Gasteiger partial charge in [-0.2, -0.15) is 0 Å². The van der Waals surface area contributed by atoms with Gasteiger partial charge in [0.2, 0.25) is 0 Å². The van der Waals surface area contributed by atoms with E-state index in [0.29, 0.717) is 15.7 Å².